The molecule has 0 saturated carbocycles. The van der Waals surface area contributed by atoms with Crippen LogP contribution in [0, 0.1) is 0 Å². The van der Waals surface area contributed by atoms with Gasteiger partial charge in [0.25, 0.3) is 0 Å². The molecule has 0 aliphatic rings. The number of fused-ring (bicyclic) bond motifs is 9. The topological polar surface area (TPSA) is 53.5 Å². The zero-order chi connectivity index (χ0) is 49.4. The van der Waals surface area contributed by atoms with Crippen molar-refractivity contribution in [3.8, 4) is 73.5 Å². The molecule has 0 N–H and O–H groups in total. The van der Waals surface area contributed by atoms with Crippen LogP contribution in [0.15, 0.2) is 267 Å². The minimum Gasteiger partial charge on any atom is -0.309 e. The second-order valence-electron chi connectivity index (χ2n) is 19.2. The molecule has 15 aromatic rings. The number of para-hydroxylation sites is 5. The van der Waals surface area contributed by atoms with Crippen LogP contribution in [0.3, 0.4) is 0 Å². The molecule has 75 heavy (non-hydrogen) atoms. The van der Waals surface area contributed by atoms with Gasteiger partial charge in [0.2, 0.25) is 0 Å². The van der Waals surface area contributed by atoms with E-state index in [-0.39, 0.29) is 0 Å². The Labute approximate surface area is 432 Å². The second-order valence-corrected chi connectivity index (χ2v) is 19.2. The number of rotatable bonds is 8. The predicted molar refractivity (Wildman–Crippen MR) is 310 cm³/mol. The third-order valence-corrected chi connectivity index (χ3v) is 14.9. The molecule has 15 rings (SSSR count). The molecule has 0 spiro atoms. The molecular weight excluding hydrogens is 913 g/mol. The highest BCUT2D eigenvalue weighted by molar-refractivity contribution is 6.14. The Morgan fingerprint density at radius 1 is 0.213 bits per heavy atom. The van der Waals surface area contributed by atoms with E-state index < -0.39 is 0 Å². The summed E-state index contributed by atoms with van der Waals surface area (Å²) in [7, 11) is 0. The third-order valence-electron chi connectivity index (χ3n) is 14.9. The number of nitrogens with zero attached hydrogens (tertiary/aromatic N) is 6. The molecule has 11 aromatic carbocycles. The monoisotopic (exact) mass is 956 g/mol. The van der Waals surface area contributed by atoms with Crippen LogP contribution < -0.4 is 0 Å². The summed E-state index contributed by atoms with van der Waals surface area (Å²) >= 11 is 0. The van der Waals surface area contributed by atoms with E-state index in [0.717, 1.165) is 78.1 Å². The van der Waals surface area contributed by atoms with Crippen molar-refractivity contribution < 1.29 is 0 Å². The first-order chi connectivity index (χ1) is 37.2. The highest BCUT2D eigenvalue weighted by Gasteiger charge is 2.21. The van der Waals surface area contributed by atoms with E-state index in [1.54, 1.807) is 0 Å². The predicted octanol–water partition coefficient (Wildman–Crippen LogP) is 17.5. The lowest BCUT2D eigenvalue weighted by molar-refractivity contribution is 1.07. The van der Waals surface area contributed by atoms with E-state index in [1.807, 2.05) is 60.7 Å². The molecule has 0 radical (unpaired) electrons. The first-order valence-electron chi connectivity index (χ1n) is 25.4. The van der Waals surface area contributed by atoms with Crippen LogP contribution in [0.25, 0.3) is 139 Å². The van der Waals surface area contributed by atoms with E-state index in [4.69, 9.17) is 15.0 Å². The maximum absolute atomic E-state index is 5.03. The largest absolute Gasteiger partial charge is 0.309 e. The zero-order valence-electron chi connectivity index (χ0n) is 40.6. The Bertz CT molecular complexity index is 4570. The van der Waals surface area contributed by atoms with Crippen molar-refractivity contribution in [3.05, 3.63) is 267 Å². The summed E-state index contributed by atoms with van der Waals surface area (Å²) in [6.07, 6.45) is 0. The van der Waals surface area contributed by atoms with Gasteiger partial charge in [0.05, 0.1) is 38.8 Å². The number of hydrogen-bond acceptors (Lipinski definition) is 3. The lowest BCUT2D eigenvalue weighted by atomic mass is 9.95. The summed E-state index contributed by atoms with van der Waals surface area (Å²) in [5.41, 5.74) is 17.6. The van der Waals surface area contributed by atoms with Gasteiger partial charge < -0.3 is 13.7 Å². The van der Waals surface area contributed by atoms with Gasteiger partial charge >= 0.3 is 0 Å². The van der Waals surface area contributed by atoms with E-state index in [1.165, 1.54) is 43.4 Å². The summed E-state index contributed by atoms with van der Waals surface area (Å²) in [6, 6.07) is 95.6. The zero-order valence-corrected chi connectivity index (χ0v) is 40.6. The number of hydrogen-bond donors (Lipinski definition) is 0. The Morgan fingerprint density at radius 2 is 0.613 bits per heavy atom. The van der Waals surface area contributed by atoms with Crippen molar-refractivity contribution in [1.82, 2.24) is 28.7 Å². The third kappa shape index (κ3) is 6.99. The van der Waals surface area contributed by atoms with Crippen molar-refractivity contribution in [1.29, 1.82) is 0 Å². The quantitative estimate of drug-likeness (QED) is 0.152. The molecule has 0 atom stereocenters. The van der Waals surface area contributed by atoms with Crippen LogP contribution in [0.4, 0.5) is 0 Å². The van der Waals surface area contributed by atoms with Crippen LogP contribution in [-0.4, -0.2) is 28.7 Å². The van der Waals surface area contributed by atoms with Crippen molar-refractivity contribution in [3.63, 3.8) is 0 Å². The smallest absolute Gasteiger partial charge is 0.164 e. The minimum absolute atomic E-state index is 0.626. The lowest BCUT2D eigenvalue weighted by Gasteiger charge is -2.17. The van der Waals surface area contributed by atoms with Gasteiger partial charge in [-0.1, -0.05) is 194 Å². The Balaban J connectivity index is 0.915. The second kappa shape index (κ2) is 17.3. The van der Waals surface area contributed by atoms with Crippen LogP contribution in [-0.2, 0) is 0 Å². The van der Waals surface area contributed by atoms with E-state index in [2.05, 4.69) is 220 Å². The molecule has 0 amide bonds. The van der Waals surface area contributed by atoms with Crippen LogP contribution >= 0.6 is 0 Å². The first-order valence-corrected chi connectivity index (χ1v) is 25.4. The summed E-state index contributed by atoms with van der Waals surface area (Å²) in [4.78, 5) is 15.0. The molecule has 0 aliphatic carbocycles. The van der Waals surface area contributed by atoms with Gasteiger partial charge in [0, 0.05) is 65.9 Å². The molecule has 0 fully saturated rings. The molecule has 0 aliphatic heterocycles. The fourth-order valence-electron chi connectivity index (χ4n) is 11.4. The molecule has 4 heterocycles. The average Bonchev–Trinajstić information content (AvgIpc) is 4.13. The van der Waals surface area contributed by atoms with Crippen molar-refractivity contribution in [2.45, 2.75) is 0 Å². The number of aromatic nitrogens is 6. The first kappa shape index (κ1) is 42.5. The summed E-state index contributed by atoms with van der Waals surface area (Å²) < 4.78 is 7.28. The van der Waals surface area contributed by atoms with Gasteiger partial charge in [-0.25, -0.2) is 15.0 Å². The van der Waals surface area contributed by atoms with Gasteiger partial charge in [-0.2, -0.15) is 0 Å². The molecule has 4 aromatic heterocycles. The number of benzene rings is 11. The van der Waals surface area contributed by atoms with Crippen LogP contribution in [0.1, 0.15) is 0 Å². The normalized spacial score (nSPS) is 11.7. The van der Waals surface area contributed by atoms with Gasteiger partial charge in [0.1, 0.15) is 0 Å². The molecule has 6 nitrogen and oxygen atoms in total. The highest BCUT2D eigenvalue weighted by Crippen LogP contribution is 2.42. The van der Waals surface area contributed by atoms with Crippen molar-refractivity contribution >= 4 is 65.4 Å². The van der Waals surface area contributed by atoms with Crippen molar-refractivity contribution in [2.24, 2.45) is 0 Å². The summed E-state index contributed by atoms with van der Waals surface area (Å²) in [5.74, 6) is 1.91. The molecule has 0 unspecified atom stereocenters. The van der Waals surface area contributed by atoms with Crippen LogP contribution in [0.5, 0.6) is 0 Å². The fourth-order valence-corrected chi connectivity index (χ4v) is 11.4. The molecular formula is C69H44N6. The Hall–Kier alpha value is -10.2. The molecule has 0 saturated heterocycles. The van der Waals surface area contributed by atoms with Gasteiger partial charge in [-0.15, -0.1) is 0 Å². The maximum Gasteiger partial charge on any atom is 0.164 e. The SMILES string of the molecule is c1ccc(-c2nc(-c3ccccc3)nc(-c3ccc(-c4ccc(-n5c6ccccc6c6ccccc65)c(-c5ccc6c7ccccc7n(-c7ccc8c(c7)c7ccccc7n8-c7ccccc7)c6c5)c4)cc3)n2)cc1. The Morgan fingerprint density at radius 3 is 1.17 bits per heavy atom. The molecule has 350 valence electrons. The van der Waals surface area contributed by atoms with E-state index in [9.17, 15) is 0 Å². The highest BCUT2D eigenvalue weighted by atomic mass is 15.0. The van der Waals surface area contributed by atoms with Gasteiger partial charge in [-0.3, -0.25) is 0 Å². The lowest BCUT2D eigenvalue weighted by Crippen LogP contribution is -2.00. The maximum atomic E-state index is 5.03. The standard InChI is InChI=1S/C69H44N6/c1-4-18-46(19-5-1)67-70-68(47-20-6-2-7-21-47)72-69(71-67)48-34-32-45(33-35-48)49-37-40-64(75-62-30-16-11-24-53(62)54-25-12-17-31-63(54)75)58(42-49)50-36-39-57-55-26-10-14-28-60(55)74(66(57)43-50)52-38-41-65-59(44-52)56-27-13-15-29-61(56)73(65)51-22-8-3-9-23-51/h1-44H. The Kier molecular flexibility index (Phi) is 9.78. The van der Waals surface area contributed by atoms with E-state index in [0.29, 0.717) is 17.5 Å². The summed E-state index contributed by atoms with van der Waals surface area (Å²) in [6.45, 7) is 0. The minimum atomic E-state index is 0.626. The molecule has 0 bridgehead atoms. The average molecular weight is 957 g/mol. The van der Waals surface area contributed by atoms with E-state index >= 15 is 0 Å². The van der Waals surface area contributed by atoms with Gasteiger partial charge in [-0.05, 0) is 89.5 Å². The molecule has 6 heteroatoms. The summed E-state index contributed by atoms with van der Waals surface area (Å²) in [5, 5.41) is 7.31. The van der Waals surface area contributed by atoms with Crippen molar-refractivity contribution in [2.75, 3.05) is 0 Å². The van der Waals surface area contributed by atoms with Crippen LogP contribution in [0.2, 0.25) is 0 Å². The van der Waals surface area contributed by atoms with Gasteiger partial charge in [0.15, 0.2) is 17.5 Å². The fraction of sp³-hybridized carbons (Fsp3) is 0.